The Kier molecular flexibility index (Phi) is 3.44. The lowest BCUT2D eigenvalue weighted by Crippen LogP contribution is -2.33. The molecule has 0 bridgehead atoms. The van der Waals surface area contributed by atoms with Gasteiger partial charge in [0.15, 0.2) is 0 Å². The van der Waals surface area contributed by atoms with E-state index in [0.29, 0.717) is 6.42 Å². The third kappa shape index (κ3) is 2.53. The van der Waals surface area contributed by atoms with E-state index in [1.54, 1.807) is 0 Å². The standard InChI is InChI=1S/C14H12N2O4S/c17-10-7-8-3-1-2-4-9(8)13(10)15-14(18)11-5-6-12(21-11)16(19)20/h1-6,10,13,17H,7H2,(H,15,18). The quantitative estimate of drug-likeness (QED) is 0.670. The van der Waals surface area contributed by atoms with Crippen molar-refractivity contribution in [3.05, 3.63) is 62.5 Å². The molecule has 2 unspecified atom stereocenters. The number of nitrogens with one attached hydrogen (secondary N) is 1. The third-order valence-corrected chi connectivity index (χ3v) is 4.52. The lowest BCUT2D eigenvalue weighted by Gasteiger charge is -2.17. The van der Waals surface area contributed by atoms with Gasteiger partial charge >= 0.3 is 5.00 Å². The number of nitro groups is 1. The molecule has 1 heterocycles. The molecule has 1 aromatic heterocycles. The highest BCUT2D eigenvalue weighted by Crippen LogP contribution is 2.32. The minimum absolute atomic E-state index is 0.0764. The molecule has 3 rings (SSSR count). The zero-order valence-corrected chi connectivity index (χ0v) is 11.7. The van der Waals surface area contributed by atoms with Crippen LogP contribution in [-0.4, -0.2) is 22.0 Å². The van der Waals surface area contributed by atoms with E-state index < -0.39 is 23.0 Å². The number of aliphatic hydroxyl groups excluding tert-OH is 1. The predicted octanol–water partition coefficient (Wildman–Crippen LogP) is 2.04. The maximum absolute atomic E-state index is 12.2. The lowest BCUT2D eigenvalue weighted by atomic mass is 10.1. The normalized spacial score (nSPS) is 20.0. The summed E-state index contributed by atoms with van der Waals surface area (Å²) < 4.78 is 0. The van der Waals surface area contributed by atoms with E-state index in [4.69, 9.17) is 0 Å². The van der Waals surface area contributed by atoms with Gasteiger partial charge in [-0.25, -0.2) is 0 Å². The second kappa shape index (κ2) is 5.27. The summed E-state index contributed by atoms with van der Waals surface area (Å²) in [4.78, 5) is 22.5. The monoisotopic (exact) mass is 304 g/mol. The topological polar surface area (TPSA) is 92.5 Å². The molecule has 108 valence electrons. The molecule has 6 nitrogen and oxygen atoms in total. The summed E-state index contributed by atoms with van der Waals surface area (Å²) in [7, 11) is 0. The van der Waals surface area contributed by atoms with E-state index >= 15 is 0 Å². The highest BCUT2D eigenvalue weighted by atomic mass is 32.1. The predicted molar refractivity (Wildman–Crippen MR) is 77.3 cm³/mol. The minimum atomic E-state index is -0.679. The summed E-state index contributed by atoms with van der Waals surface area (Å²) in [6, 6.07) is 9.78. The molecule has 2 aromatic rings. The molecule has 7 heteroatoms. The second-order valence-electron chi connectivity index (χ2n) is 4.82. The maximum atomic E-state index is 12.2. The first-order valence-electron chi connectivity index (χ1n) is 6.37. The van der Waals surface area contributed by atoms with Crippen LogP contribution in [0, 0.1) is 10.1 Å². The summed E-state index contributed by atoms with van der Waals surface area (Å²) in [6.07, 6.45) is -0.188. The summed E-state index contributed by atoms with van der Waals surface area (Å²) in [6.45, 7) is 0. The lowest BCUT2D eigenvalue weighted by molar-refractivity contribution is -0.380. The molecule has 2 atom stereocenters. The van der Waals surface area contributed by atoms with Crippen molar-refractivity contribution in [2.24, 2.45) is 0 Å². The molecule has 2 N–H and O–H groups in total. The van der Waals surface area contributed by atoms with Crippen LogP contribution in [0.5, 0.6) is 0 Å². The number of hydrogen-bond donors (Lipinski definition) is 2. The Hall–Kier alpha value is -2.25. The Balaban J connectivity index is 1.80. The van der Waals surface area contributed by atoms with Crippen LogP contribution in [-0.2, 0) is 6.42 Å². The van der Waals surface area contributed by atoms with Gasteiger partial charge in [0.1, 0.15) is 0 Å². The first-order valence-corrected chi connectivity index (χ1v) is 7.19. The molecular formula is C14H12N2O4S. The van der Waals surface area contributed by atoms with E-state index in [1.807, 2.05) is 24.3 Å². The fraction of sp³-hybridized carbons (Fsp3) is 0.214. The summed E-state index contributed by atoms with van der Waals surface area (Å²) >= 11 is 0.822. The number of carbonyl (C=O) groups is 1. The van der Waals surface area contributed by atoms with Crippen LogP contribution in [0.2, 0.25) is 0 Å². The van der Waals surface area contributed by atoms with E-state index in [1.165, 1.54) is 12.1 Å². The largest absolute Gasteiger partial charge is 0.390 e. The minimum Gasteiger partial charge on any atom is -0.390 e. The zero-order chi connectivity index (χ0) is 15.0. The van der Waals surface area contributed by atoms with Crippen molar-refractivity contribution in [2.45, 2.75) is 18.6 Å². The van der Waals surface area contributed by atoms with Crippen molar-refractivity contribution in [1.82, 2.24) is 5.32 Å². The number of hydrogen-bond acceptors (Lipinski definition) is 5. The van der Waals surface area contributed by atoms with E-state index in [0.717, 1.165) is 22.5 Å². The van der Waals surface area contributed by atoms with E-state index in [-0.39, 0.29) is 9.88 Å². The summed E-state index contributed by atoms with van der Waals surface area (Å²) in [5.74, 6) is -0.408. The third-order valence-electron chi connectivity index (χ3n) is 3.49. The average molecular weight is 304 g/mol. The van der Waals surface area contributed by atoms with Crippen molar-refractivity contribution in [3.63, 3.8) is 0 Å². The molecular weight excluding hydrogens is 292 g/mol. The molecule has 0 fully saturated rings. The highest BCUT2D eigenvalue weighted by molar-refractivity contribution is 7.17. The van der Waals surface area contributed by atoms with Crippen LogP contribution in [0.15, 0.2) is 36.4 Å². The molecule has 21 heavy (non-hydrogen) atoms. The van der Waals surface area contributed by atoms with Gasteiger partial charge in [-0.05, 0) is 17.2 Å². The van der Waals surface area contributed by atoms with Gasteiger partial charge < -0.3 is 10.4 Å². The molecule has 0 spiro atoms. The van der Waals surface area contributed by atoms with Crippen LogP contribution >= 0.6 is 11.3 Å². The number of fused-ring (bicyclic) bond motifs is 1. The molecule has 0 saturated carbocycles. The Morgan fingerprint density at radius 2 is 2.10 bits per heavy atom. The fourth-order valence-corrected chi connectivity index (χ4v) is 3.23. The van der Waals surface area contributed by atoms with Crippen LogP contribution in [0.25, 0.3) is 0 Å². The number of benzene rings is 1. The molecule has 1 aromatic carbocycles. The molecule has 0 aliphatic heterocycles. The van der Waals surface area contributed by atoms with Crippen LogP contribution in [0.4, 0.5) is 5.00 Å². The molecule has 0 saturated heterocycles. The van der Waals surface area contributed by atoms with Gasteiger partial charge in [-0.3, -0.25) is 14.9 Å². The van der Waals surface area contributed by atoms with Gasteiger partial charge in [0.05, 0.1) is 21.9 Å². The van der Waals surface area contributed by atoms with Gasteiger partial charge in [0, 0.05) is 12.5 Å². The molecule has 1 amide bonds. The smallest absolute Gasteiger partial charge is 0.324 e. The van der Waals surface area contributed by atoms with Crippen LogP contribution < -0.4 is 5.32 Å². The van der Waals surface area contributed by atoms with E-state index in [9.17, 15) is 20.0 Å². The zero-order valence-electron chi connectivity index (χ0n) is 10.9. The van der Waals surface area contributed by atoms with Gasteiger partial charge in [-0.15, -0.1) is 0 Å². The maximum Gasteiger partial charge on any atom is 0.324 e. The SMILES string of the molecule is O=C(NC1c2ccccc2CC1O)c1ccc([N+](=O)[O-])s1. The Morgan fingerprint density at radius 1 is 1.33 bits per heavy atom. The highest BCUT2D eigenvalue weighted by Gasteiger charge is 2.32. The first-order chi connectivity index (χ1) is 10.1. The number of rotatable bonds is 3. The molecule has 1 aliphatic carbocycles. The van der Waals surface area contributed by atoms with E-state index in [2.05, 4.69) is 5.32 Å². The number of amides is 1. The van der Waals surface area contributed by atoms with Crippen molar-refractivity contribution >= 4 is 22.2 Å². The molecule has 0 radical (unpaired) electrons. The fourth-order valence-electron chi connectivity index (χ4n) is 2.51. The summed E-state index contributed by atoms with van der Waals surface area (Å²) in [5.41, 5.74) is 1.90. The molecule has 1 aliphatic rings. The van der Waals surface area contributed by atoms with Crippen molar-refractivity contribution in [3.8, 4) is 0 Å². The first kappa shape index (κ1) is 13.7. The van der Waals surface area contributed by atoms with Crippen molar-refractivity contribution < 1.29 is 14.8 Å². The van der Waals surface area contributed by atoms with Gasteiger partial charge in [0.25, 0.3) is 5.91 Å². The average Bonchev–Trinajstić information content (AvgIpc) is 3.05. The van der Waals surface area contributed by atoms with Gasteiger partial charge in [-0.1, -0.05) is 35.6 Å². The number of nitrogens with zero attached hydrogens (tertiary/aromatic N) is 1. The number of thiophene rings is 1. The summed E-state index contributed by atoms with van der Waals surface area (Å²) in [5, 5.41) is 23.4. The number of carbonyl (C=O) groups excluding carboxylic acids is 1. The van der Waals surface area contributed by atoms with Crippen molar-refractivity contribution in [1.29, 1.82) is 0 Å². The van der Waals surface area contributed by atoms with Crippen LogP contribution in [0.3, 0.4) is 0 Å². The van der Waals surface area contributed by atoms with Gasteiger partial charge in [0.2, 0.25) is 0 Å². The Bertz CT molecular complexity index is 713. The Morgan fingerprint density at radius 3 is 2.81 bits per heavy atom. The van der Waals surface area contributed by atoms with Crippen molar-refractivity contribution in [2.75, 3.05) is 0 Å². The Labute approximate surface area is 124 Å². The van der Waals surface area contributed by atoms with Crippen LogP contribution in [0.1, 0.15) is 26.8 Å². The van der Waals surface area contributed by atoms with Gasteiger partial charge in [-0.2, -0.15) is 0 Å². The number of aliphatic hydroxyl groups is 1. The second-order valence-corrected chi connectivity index (χ2v) is 5.88.